The number of thiazole rings is 1. The maximum atomic E-state index is 12.7. The molecule has 0 aliphatic carbocycles. The normalized spacial score (nSPS) is 12.1. The number of rotatable bonds is 5. The molecule has 0 saturated heterocycles. The van der Waals surface area contributed by atoms with E-state index in [1.807, 2.05) is 17.5 Å². The van der Waals surface area contributed by atoms with Crippen molar-refractivity contribution in [3.05, 3.63) is 46.7 Å². The van der Waals surface area contributed by atoms with Gasteiger partial charge in [-0.1, -0.05) is 49.9 Å². The third kappa shape index (κ3) is 4.01. The van der Waals surface area contributed by atoms with E-state index in [9.17, 15) is 13.2 Å². The second-order valence-corrected chi connectivity index (χ2v) is 7.68. The Morgan fingerprint density at radius 3 is 2.46 bits per heavy atom. The molecular weight excluding hydrogens is 383 g/mol. The van der Waals surface area contributed by atoms with Crippen LogP contribution in [0, 0.1) is 0 Å². The minimum Gasteiger partial charge on any atom is -0.335 e. The van der Waals surface area contributed by atoms with Crippen LogP contribution in [-0.2, 0) is 11.9 Å². The van der Waals surface area contributed by atoms with Crippen molar-refractivity contribution in [2.45, 2.75) is 36.9 Å². The Labute approximate surface area is 156 Å². The van der Waals surface area contributed by atoms with Crippen LogP contribution in [0.1, 0.15) is 36.8 Å². The van der Waals surface area contributed by atoms with E-state index < -0.39 is 12.0 Å². The first-order valence-corrected chi connectivity index (χ1v) is 9.57. The van der Waals surface area contributed by atoms with Gasteiger partial charge in [0.1, 0.15) is 5.01 Å². The fraction of sp³-hybridized carbons (Fsp3) is 0.312. The summed E-state index contributed by atoms with van der Waals surface area (Å²) in [5, 5.41) is 9.33. The zero-order valence-corrected chi connectivity index (χ0v) is 15.6. The SMILES string of the molecule is CC(C)c1ccc(-c2nc(CSc3nnc(C(F)(F)F)n3N)cs2)cc1. The fourth-order valence-electron chi connectivity index (χ4n) is 2.22. The minimum absolute atomic E-state index is 0.00633. The Morgan fingerprint density at radius 1 is 1.19 bits per heavy atom. The van der Waals surface area contributed by atoms with Crippen LogP contribution in [0.3, 0.4) is 0 Å². The number of thioether (sulfide) groups is 1. The number of nitrogen functional groups attached to an aromatic ring is 1. The average Bonchev–Trinajstić information content (AvgIpc) is 3.19. The quantitative estimate of drug-likeness (QED) is 0.503. The van der Waals surface area contributed by atoms with E-state index >= 15 is 0 Å². The van der Waals surface area contributed by atoms with Gasteiger partial charge in [-0.15, -0.1) is 21.5 Å². The fourth-order valence-corrected chi connectivity index (χ4v) is 3.90. The molecule has 26 heavy (non-hydrogen) atoms. The van der Waals surface area contributed by atoms with E-state index in [4.69, 9.17) is 5.84 Å². The number of alkyl halides is 3. The summed E-state index contributed by atoms with van der Waals surface area (Å²) in [5.74, 6) is 5.02. The molecule has 3 rings (SSSR count). The first-order valence-electron chi connectivity index (χ1n) is 7.71. The molecule has 2 N–H and O–H groups in total. The van der Waals surface area contributed by atoms with Gasteiger partial charge < -0.3 is 5.84 Å². The molecule has 0 aliphatic rings. The molecule has 0 unspecified atom stereocenters. The highest BCUT2D eigenvalue weighted by atomic mass is 32.2. The van der Waals surface area contributed by atoms with Crippen LogP contribution in [0.4, 0.5) is 13.2 Å². The second-order valence-electron chi connectivity index (χ2n) is 5.88. The summed E-state index contributed by atoms with van der Waals surface area (Å²) in [7, 11) is 0. The molecule has 0 atom stereocenters. The molecule has 0 spiro atoms. The van der Waals surface area contributed by atoms with Crippen molar-refractivity contribution < 1.29 is 13.2 Å². The molecule has 2 heterocycles. The topological polar surface area (TPSA) is 69.6 Å². The number of hydrogen-bond donors (Lipinski definition) is 1. The lowest BCUT2D eigenvalue weighted by Crippen LogP contribution is -2.21. The highest BCUT2D eigenvalue weighted by Crippen LogP contribution is 2.31. The van der Waals surface area contributed by atoms with Crippen LogP contribution < -0.4 is 5.84 Å². The highest BCUT2D eigenvalue weighted by molar-refractivity contribution is 7.98. The molecule has 0 radical (unpaired) electrons. The van der Waals surface area contributed by atoms with Gasteiger partial charge in [-0.05, 0) is 11.5 Å². The molecule has 0 aliphatic heterocycles. The maximum Gasteiger partial charge on any atom is 0.453 e. The number of halogens is 3. The molecule has 3 aromatic rings. The zero-order valence-electron chi connectivity index (χ0n) is 14.0. The molecule has 1 aromatic carbocycles. The molecule has 5 nitrogen and oxygen atoms in total. The summed E-state index contributed by atoms with van der Waals surface area (Å²) < 4.78 is 38.5. The molecule has 138 valence electrons. The standard InChI is InChI=1S/C16H16F3N5S2/c1-9(2)10-3-5-11(6-4-10)13-21-12(7-25-13)8-26-15-23-22-14(24(15)20)16(17,18)19/h3-7,9H,8,20H2,1-2H3. The summed E-state index contributed by atoms with van der Waals surface area (Å²) in [6.07, 6.45) is -4.63. The van der Waals surface area contributed by atoms with Gasteiger partial charge in [0.25, 0.3) is 5.82 Å². The van der Waals surface area contributed by atoms with Crippen molar-refractivity contribution in [2.75, 3.05) is 5.84 Å². The van der Waals surface area contributed by atoms with Crippen LogP contribution in [0.2, 0.25) is 0 Å². The predicted molar refractivity (Wildman–Crippen MR) is 96.4 cm³/mol. The lowest BCUT2D eigenvalue weighted by molar-refractivity contribution is -0.146. The minimum atomic E-state index is -4.63. The highest BCUT2D eigenvalue weighted by Gasteiger charge is 2.38. The van der Waals surface area contributed by atoms with Crippen LogP contribution in [0.15, 0.2) is 34.8 Å². The Kier molecular flexibility index (Phi) is 5.24. The van der Waals surface area contributed by atoms with Gasteiger partial charge in [0, 0.05) is 16.7 Å². The lowest BCUT2D eigenvalue weighted by atomic mass is 10.0. The maximum absolute atomic E-state index is 12.7. The van der Waals surface area contributed by atoms with Gasteiger partial charge in [0.2, 0.25) is 5.16 Å². The number of nitrogens with zero attached hydrogens (tertiary/aromatic N) is 4. The van der Waals surface area contributed by atoms with Gasteiger partial charge in [-0.3, -0.25) is 0 Å². The lowest BCUT2D eigenvalue weighted by Gasteiger charge is -2.05. The molecule has 2 aromatic heterocycles. The summed E-state index contributed by atoms with van der Waals surface area (Å²) in [5.41, 5.74) is 3.01. The van der Waals surface area contributed by atoms with Crippen molar-refractivity contribution in [1.82, 2.24) is 19.9 Å². The van der Waals surface area contributed by atoms with Gasteiger partial charge in [-0.2, -0.15) is 13.2 Å². The molecule has 0 fully saturated rings. The second kappa shape index (κ2) is 7.28. The third-order valence-corrected chi connectivity index (χ3v) is 5.56. The number of aromatic nitrogens is 4. The monoisotopic (exact) mass is 399 g/mol. The predicted octanol–water partition coefficient (Wildman–Crippen LogP) is 4.55. The molecular formula is C16H16F3N5S2. The van der Waals surface area contributed by atoms with Crippen molar-refractivity contribution in [3.63, 3.8) is 0 Å². The van der Waals surface area contributed by atoms with Crippen molar-refractivity contribution in [3.8, 4) is 10.6 Å². The summed E-state index contributed by atoms with van der Waals surface area (Å²) >= 11 is 2.55. The Hall–Kier alpha value is -2.07. The van der Waals surface area contributed by atoms with E-state index in [0.717, 1.165) is 28.0 Å². The Balaban J connectivity index is 1.68. The Bertz CT molecular complexity index is 884. The molecule has 0 amide bonds. The van der Waals surface area contributed by atoms with E-state index in [1.165, 1.54) is 16.9 Å². The smallest absolute Gasteiger partial charge is 0.335 e. The average molecular weight is 399 g/mol. The van der Waals surface area contributed by atoms with E-state index in [1.54, 1.807) is 0 Å². The van der Waals surface area contributed by atoms with E-state index in [0.29, 0.717) is 16.3 Å². The summed E-state index contributed by atoms with van der Waals surface area (Å²) in [6.45, 7) is 4.27. The number of benzene rings is 1. The molecule has 10 heteroatoms. The first-order chi connectivity index (χ1) is 12.3. The van der Waals surface area contributed by atoms with Crippen LogP contribution in [0.25, 0.3) is 10.6 Å². The van der Waals surface area contributed by atoms with Crippen LogP contribution in [-0.4, -0.2) is 19.9 Å². The van der Waals surface area contributed by atoms with Crippen LogP contribution in [0.5, 0.6) is 0 Å². The molecule has 0 bridgehead atoms. The van der Waals surface area contributed by atoms with Crippen LogP contribution >= 0.6 is 23.1 Å². The first kappa shape index (κ1) is 18.7. The number of hydrogen-bond acceptors (Lipinski definition) is 6. The van der Waals surface area contributed by atoms with E-state index in [2.05, 4.69) is 41.2 Å². The van der Waals surface area contributed by atoms with Gasteiger partial charge >= 0.3 is 6.18 Å². The van der Waals surface area contributed by atoms with Gasteiger partial charge in [0.05, 0.1) is 5.69 Å². The number of nitrogens with two attached hydrogens (primary N) is 1. The van der Waals surface area contributed by atoms with Gasteiger partial charge in [-0.25, -0.2) is 9.66 Å². The van der Waals surface area contributed by atoms with E-state index in [-0.39, 0.29) is 5.16 Å². The summed E-state index contributed by atoms with van der Waals surface area (Å²) in [6, 6.07) is 8.20. The molecule has 0 saturated carbocycles. The third-order valence-electron chi connectivity index (χ3n) is 3.64. The summed E-state index contributed by atoms with van der Waals surface area (Å²) in [4.78, 5) is 4.53. The van der Waals surface area contributed by atoms with Gasteiger partial charge in [0.15, 0.2) is 0 Å². The largest absolute Gasteiger partial charge is 0.453 e. The van der Waals surface area contributed by atoms with Crippen molar-refractivity contribution in [2.24, 2.45) is 0 Å². The Morgan fingerprint density at radius 2 is 1.88 bits per heavy atom. The van der Waals surface area contributed by atoms with Crippen molar-refractivity contribution >= 4 is 23.1 Å². The zero-order chi connectivity index (χ0) is 18.9. The van der Waals surface area contributed by atoms with Crippen molar-refractivity contribution in [1.29, 1.82) is 0 Å².